The van der Waals surface area contributed by atoms with E-state index in [9.17, 15) is 14.4 Å². The molecule has 4 atom stereocenters. The molecule has 1 aliphatic heterocycles. The topological polar surface area (TPSA) is 79.4 Å². The van der Waals surface area contributed by atoms with Crippen molar-refractivity contribution >= 4 is 40.7 Å². The molecular weight excluding hydrogens is 378 g/mol. The molecule has 0 unspecified atom stereocenters. The van der Waals surface area contributed by atoms with Crippen molar-refractivity contribution in [3.63, 3.8) is 0 Å². The molecule has 7 heteroatoms. The highest BCUT2D eigenvalue weighted by Crippen LogP contribution is 2.53. The van der Waals surface area contributed by atoms with Crippen LogP contribution in [-0.2, 0) is 9.59 Å². The van der Waals surface area contributed by atoms with Gasteiger partial charge in [0.25, 0.3) is 5.91 Å². The fourth-order valence-electron chi connectivity index (χ4n) is 4.60. The number of carbonyl (C=O) groups excluding carboxylic acids is 3. The number of carbonyl (C=O) groups is 3. The number of hydrogen-bond acceptors (Lipinski definition) is 4. The monoisotopic (exact) mass is 393 g/mol. The van der Waals surface area contributed by atoms with Crippen molar-refractivity contribution in [2.75, 3.05) is 10.2 Å². The molecule has 1 saturated heterocycles. The van der Waals surface area contributed by atoms with Crippen molar-refractivity contribution in [3.05, 3.63) is 65.5 Å². The molecule has 3 aliphatic rings. The molecule has 2 heterocycles. The van der Waals surface area contributed by atoms with E-state index in [-0.39, 0.29) is 52.1 Å². The van der Waals surface area contributed by atoms with Gasteiger partial charge >= 0.3 is 0 Å². The summed E-state index contributed by atoms with van der Waals surface area (Å²) in [5, 5.41) is 2.96. The predicted molar refractivity (Wildman–Crippen MR) is 104 cm³/mol. The number of aromatic nitrogens is 1. The van der Waals surface area contributed by atoms with Crippen LogP contribution in [0.15, 0.2) is 54.7 Å². The molecule has 5 rings (SSSR count). The quantitative estimate of drug-likeness (QED) is 0.641. The van der Waals surface area contributed by atoms with E-state index in [0.29, 0.717) is 11.4 Å². The molecule has 2 fully saturated rings. The highest BCUT2D eigenvalue weighted by atomic mass is 35.5. The van der Waals surface area contributed by atoms with Crippen LogP contribution in [0.5, 0.6) is 0 Å². The van der Waals surface area contributed by atoms with Crippen molar-refractivity contribution in [1.29, 1.82) is 0 Å². The zero-order valence-electron chi connectivity index (χ0n) is 14.7. The van der Waals surface area contributed by atoms with E-state index in [2.05, 4.69) is 22.5 Å². The van der Waals surface area contributed by atoms with Gasteiger partial charge in [0.15, 0.2) is 0 Å². The molecule has 1 N–H and O–H groups in total. The van der Waals surface area contributed by atoms with E-state index in [0.717, 1.165) is 6.42 Å². The second kappa shape index (κ2) is 6.27. The minimum absolute atomic E-state index is 0.146. The molecule has 1 aromatic heterocycles. The lowest BCUT2D eigenvalue weighted by molar-refractivity contribution is -0.123. The maximum atomic E-state index is 12.9. The number of nitrogens with zero attached hydrogens (tertiary/aromatic N) is 2. The Morgan fingerprint density at radius 2 is 1.79 bits per heavy atom. The first-order chi connectivity index (χ1) is 13.5. The number of pyridine rings is 1. The van der Waals surface area contributed by atoms with Crippen LogP contribution >= 0.6 is 11.6 Å². The fraction of sp³-hybridized carbons (Fsp3) is 0.238. The lowest BCUT2D eigenvalue weighted by Gasteiger charge is -2.19. The van der Waals surface area contributed by atoms with E-state index in [1.807, 2.05) is 0 Å². The Kier molecular flexibility index (Phi) is 3.84. The van der Waals surface area contributed by atoms with Crippen LogP contribution in [0.25, 0.3) is 0 Å². The maximum Gasteiger partial charge on any atom is 0.274 e. The summed E-state index contributed by atoms with van der Waals surface area (Å²) in [6.07, 6.45) is 6.53. The van der Waals surface area contributed by atoms with E-state index >= 15 is 0 Å². The molecule has 0 radical (unpaired) electrons. The molecule has 6 nitrogen and oxygen atoms in total. The minimum atomic E-state index is -0.366. The standard InChI is InChI=1S/C21H16ClN3O3/c22-14-10-13(24-19(26)15-3-1-2-8-23-15)6-7-16(14)25-20(27)17-11-4-5-12(9-11)18(17)21(25)28/h1-8,10-12,17-18H,9H2,(H,24,26)/t11-,12-,17-,18+/m1/s1. The van der Waals surface area contributed by atoms with Gasteiger partial charge in [0.1, 0.15) is 5.69 Å². The Labute approximate surface area is 166 Å². The molecule has 1 aromatic carbocycles. The van der Waals surface area contributed by atoms with Crippen molar-refractivity contribution in [3.8, 4) is 0 Å². The highest BCUT2D eigenvalue weighted by Gasteiger charge is 2.59. The summed E-state index contributed by atoms with van der Waals surface area (Å²) in [7, 11) is 0. The summed E-state index contributed by atoms with van der Waals surface area (Å²) in [6, 6.07) is 9.82. The lowest BCUT2D eigenvalue weighted by atomic mass is 9.85. The summed E-state index contributed by atoms with van der Waals surface area (Å²) >= 11 is 6.39. The van der Waals surface area contributed by atoms with Gasteiger partial charge in [-0.2, -0.15) is 0 Å². The number of imide groups is 1. The van der Waals surface area contributed by atoms with E-state index in [1.54, 1.807) is 36.4 Å². The summed E-state index contributed by atoms with van der Waals surface area (Å²) in [5.41, 5.74) is 1.11. The van der Waals surface area contributed by atoms with Crippen LogP contribution in [0.4, 0.5) is 11.4 Å². The smallest absolute Gasteiger partial charge is 0.274 e. The SMILES string of the molecule is O=C(Nc1ccc(N2C(=O)[C@@H]3[C@H](C2=O)[C@@H]2C=C[C@@H]3C2)c(Cl)c1)c1ccccn1. The Morgan fingerprint density at radius 1 is 1.07 bits per heavy atom. The van der Waals surface area contributed by atoms with Gasteiger partial charge in [-0.3, -0.25) is 19.4 Å². The number of amides is 3. The van der Waals surface area contributed by atoms with Gasteiger partial charge in [-0.15, -0.1) is 0 Å². The molecule has 1 saturated carbocycles. The first-order valence-corrected chi connectivity index (χ1v) is 9.50. The van der Waals surface area contributed by atoms with Crippen molar-refractivity contribution in [2.45, 2.75) is 6.42 Å². The Bertz CT molecular complexity index is 1010. The molecule has 2 aromatic rings. The molecule has 140 valence electrons. The number of benzene rings is 1. The van der Waals surface area contributed by atoms with Crippen LogP contribution < -0.4 is 10.2 Å². The summed E-state index contributed by atoms with van der Waals surface area (Å²) in [4.78, 5) is 43.3. The minimum Gasteiger partial charge on any atom is -0.321 e. The third kappa shape index (κ3) is 2.48. The van der Waals surface area contributed by atoms with Gasteiger partial charge in [0.05, 0.1) is 22.5 Å². The average Bonchev–Trinajstić information content (AvgIpc) is 3.37. The first-order valence-electron chi connectivity index (χ1n) is 9.12. The normalized spacial score (nSPS) is 27.4. The molecule has 0 spiro atoms. The number of anilines is 2. The zero-order chi connectivity index (χ0) is 19.4. The van der Waals surface area contributed by atoms with Gasteiger partial charge in [0, 0.05) is 11.9 Å². The van der Waals surface area contributed by atoms with Crippen LogP contribution in [0.1, 0.15) is 16.9 Å². The number of hydrogen-bond donors (Lipinski definition) is 1. The number of rotatable bonds is 3. The Balaban J connectivity index is 1.39. The molecule has 3 amide bonds. The van der Waals surface area contributed by atoms with Crippen LogP contribution in [0, 0.1) is 23.7 Å². The van der Waals surface area contributed by atoms with Crippen molar-refractivity contribution in [1.82, 2.24) is 4.98 Å². The first kappa shape index (κ1) is 17.1. The van der Waals surface area contributed by atoms with Gasteiger partial charge < -0.3 is 5.32 Å². The fourth-order valence-corrected chi connectivity index (χ4v) is 4.86. The summed E-state index contributed by atoms with van der Waals surface area (Å²) in [6.45, 7) is 0. The van der Waals surface area contributed by atoms with E-state index in [1.165, 1.54) is 11.1 Å². The number of halogens is 1. The predicted octanol–water partition coefficient (Wildman–Crippen LogP) is 3.30. The molecule has 2 aliphatic carbocycles. The second-order valence-corrected chi connectivity index (χ2v) is 7.75. The number of nitrogens with one attached hydrogen (secondary N) is 1. The lowest BCUT2D eigenvalue weighted by Crippen LogP contribution is -2.33. The van der Waals surface area contributed by atoms with E-state index < -0.39 is 0 Å². The van der Waals surface area contributed by atoms with Gasteiger partial charge in [-0.25, -0.2) is 4.90 Å². The van der Waals surface area contributed by atoms with Gasteiger partial charge in [-0.05, 0) is 48.6 Å². The molecule has 28 heavy (non-hydrogen) atoms. The van der Waals surface area contributed by atoms with Crippen molar-refractivity contribution < 1.29 is 14.4 Å². The van der Waals surface area contributed by atoms with Crippen molar-refractivity contribution in [2.24, 2.45) is 23.7 Å². The van der Waals surface area contributed by atoms with Crippen LogP contribution in [0.2, 0.25) is 5.02 Å². The third-order valence-corrected chi connectivity index (χ3v) is 6.12. The Morgan fingerprint density at radius 3 is 2.39 bits per heavy atom. The largest absolute Gasteiger partial charge is 0.321 e. The maximum absolute atomic E-state index is 12.9. The second-order valence-electron chi connectivity index (χ2n) is 7.35. The zero-order valence-corrected chi connectivity index (χ0v) is 15.5. The van der Waals surface area contributed by atoms with Gasteiger partial charge in [0.2, 0.25) is 11.8 Å². The molecular formula is C21H16ClN3O3. The summed E-state index contributed by atoms with van der Waals surface area (Å²) in [5.74, 6) is -0.989. The van der Waals surface area contributed by atoms with Crippen LogP contribution in [0.3, 0.4) is 0 Å². The highest BCUT2D eigenvalue weighted by molar-refractivity contribution is 6.36. The average molecular weight is 394 g/mol. The number of allylic oxidation sites excluding steroid dienone is 2. The third-order valence-electron chi connectivity index (χ3n) is 5.81. The summed E-state index contributed by atoms with van der Waals surface area (Å²) < 4.78 is 0. The van der Waals surface area contributed by atoms with Crippen LogP contribution in [-0.4, -0.2) is 22.7 Å². The Hall–Kier alpha value is -2.99. The molecule has 2 bridgehead atoms. The van der Waals surface area contributed by atoms with E-state index in [4.69, 9.17) is 11.6 Å². The number of fused-ring (bicyclic) bond motifs is 5. The van der Waals surface area contributed by atoms with Gasteiger partial charge in [-0.1, -0.05) is 29.8 Å².